The molecule has 0 saturated heterocycles. The molecule has 0 saturated carbocycles. The van der Waals surface area contributed by atoms with Crippen LogP contribution in [0.25, 0.3) is 16.9 Å². The molecule has 2 heterocycles. The molecule has 1 aromatic carbocycles. The van der Waals surface area contributed by atoms with Gasteiger partial charge in [0.15, 0.2) is 12.7 Å². The van der Waals surface area contributed by atoms with E-state index in [0.29, 0.717) is 5.56 Å². The normalized spacial score (nSPS) is 11.7. The summed E-state index contributed by atoms with van der Waals surface area (Å²) in [6.45, 7) is -3.79. The van der Waals surface area contributed by atoms with Gasteiger partial charge in [-0.1, -0.05) is 0 Å². The molecule has 2 aromatic heterocycles. The second-order valence-electron chi connectivity index (χ2n) is 6.45. The van der Waals surface area contributed by atoms with Crippen LogP contribution in [0.5, 0.6) is 11.8 Å². The molecule has 31 heavy (non-hydrogen) atoms. The fourth-order valence-corrected chi connectivity index (χ4v) is 2.59. The standard InChI is InChI=1S/C19H17F5N4O3/c1-27-10-12(9-25-27)16-6-17(29)28(18(26-16)31-15(7-20)8-21)13-2-4-14(5-3-13)30-11-19(22,23)24/h2-6,9-10,15H,7-8,11H2,1H3. The average molecular weight is 444 g/mol. The molecule has 0 N–H and O–H groups in total. The maximum atomic E-state index is 13.0. The highest BCUT2D eigenvalue weighted by Crippen LogP contribution is 2.24. The minimum Gasteiger partial charge on any atom is -0.484 e. The Morgan fingerprint density at radius 3 is 2.35 bits per heavy atom. The first-order valence-corrected chi connectivity index (χ1v) is 8.92. The third kappa shape index (κ3) is 5.58. The van der Waals surface area contributed by atoms with Crippen molar-refractivity contribution >= 4 is 0 Å². The second kappa shape index (κ2) is 9.14. The van der Waals surface area contributed by atoms with Crippen LogP contribution in [0.2, 0.25) is 0 Å². The van der Waals surface area contributed by atoms with Crippen molar-refractivity contribution < 1.29 is 31.4 Å². The monoisotopic (exact) mass is 444 g/mol. The van der Waals surface area contributed by atoms with Gasteiger partial charge in [0.1, 0.15) is 19.1 Å². The summed E-state index contributed by atoms with van der Waals surface area (Å²) < 4.78 is 75.3. The van der Waals surface area contributed by atoms with Gasteiger partial charge < -0.3 is 9.47 Å². The summed E-state index contributed by atoms with van der Waals surface area (Å²) in [6.07, 6.45) is -2.96. The van der Waals surface area contributed by atoms with Crippen molar-refractivity contribution in [2.45, 2.75) is 12.3 Å². The number of rotatable bonds is 8. The summed E-state index contributed by atoms with van der Waals surface area (Å²) in [6, 6.07) is 5.83. The molecule has 3 rings (SSSR count). The number of hydrogen-bond acceptors (Lipinski definition) is 5. The predicted octanol–water partition coefficient (Wildman–Crippen LogP) is 3.26. The quantitative estimate of drug-likeness (QED) is 0.499. The van der Waals surface area contributed by atoms with Crippen molar-refractivity contribution in [3.05, 3.63) is 53.1 Å². The summed E-state index contributed by atoms with van der Waals surface area (Å²) in [7, 11) is 1.66. The molecule has 0 aliphatic carbocycles. The van der Waals surface area contributed by atoms with E-state index in [0.717, 1.165) is 4.57 Å². The molecular weight excluding hydrogens is 427 g/mol. The van der Waals surface area contributed by atoms with Crippen molar-refractivity contribution in [3.8, 4) is 28.7 Å². The minimum atomic E-state index is -4.50. The fraction of sp³-hybridized carbons (Fsp3) is 0.316. The van der Waals surface area contributed by atoms with Crippen molar-refractivity contribution in [2.75, 3.05) is 20.0 Å². The number of benzene rings is 1. The maximum Gasteiger partial charge on any atom is 0.422 e. The third-order valence-electron chi connectivity index (χ3n) is 4.00. The molecule has 0 unspecified atom stereocenters. The zero-order valence-corrected chi connectivity index (χ0v) is 16.1. The van der Waals surface area contributed by atoms with Crippen LogP contribution in [0.1, 0.15) is 0 Å². The zero-order chi connectivity index (χ0) is 22.6. The zero-order valence-electron chi connectivity index (χ0n) is 16.1. The molecule has 12 heteroatoms. The highest BCUT2D eigenvalue weighted by atomic mass is 19.4. The smallest absolute Gasteiger partial charge is 0.422 e. The lowest BCUT2D eigenvalue weighted by Crippen LogP contribution is -2.28. The largest absolute Gasteiger partial charge is 0.484 e. The Morgan fingerprint density at radius 2 is 1.81 bits per heavy atom. The Kier molecular flexibility index (Phi) is 6.56. The van der Waals surface area contributed by atoms with E-state index in [4.69, 9.17) is 4.74 Å². The number of ether oxygens (including phenoxy) is 2. The number of nitrogens with zero attached hydrogens (tertiary/aromatic N) is 4. The van der Waals surface area contributed by atoms with Crippen LogP contribution < -0.4 is 15.0 Å². The van der Waals surface area contributed by atoms with Gasteiger partial charge in [0.2, 0.25) is 0 Å². The molecule has 0 amide bonds. The van der Waals surface area contributed by atoms with Gasteiger partial charge in [-0.05, 0) is 24.3 Å². The van der Waals surface area contributed by atoms with Crippen LogP contribution in [0.4, 0.5) is 22.0 Å². The van der Waals surface area contributed by atoms with Gasteiger partial charge in [-0.15, -0.1) is 0 Å². The molecule has 0 fully saturated rings. The first kappa shape index (κ1) is 22.2. The topological polar surface area (TPSA) is 71.2 Å². The highest BCUT2D eigenvalue weighted by molar-refractivity contribution is 5.57. The summed E-state index contributed by atoms with van der Waals surface area (Å²) in [5, 5.41) is 3.98. The van der Waals surface area contributed by atoms with Gasteiger partial charge in [0.25, 0.3) is 5.56 Å². The molecule has 3 aromatic rings. The fourth-order valence-electron chi connectivity index (χ4n) is 2.59. The Hall–Kier alpha value is -3.44. The lowest BCUT2D eigenvalue weighted by molar-refractivity contribution is -0.153. The van der Waals surface area contributed by atoms with Crippen LogP contribution in [0.3, 0.4) is 0 Å². The lowest BCUT2D eigenvalue weighted by atomic mass is 10.2. The Bertz CT molecular complexity index is 1080. The van der Waals surface area contributed by atoms with Crippen LogP contribution in [-0.2, 0) is 7.05 Å². The van der Waals surface area contributed by atoms with Crippen molar-refractivity contribution in [2.24, 2.45) is 7.05 Å². The summed E-state index contributed by atoms with van der Waals surface area (Å²) in [4.78, 5) is 17.0. The van der Waals surface area contributed by atoms with E-state index in [2.05, 4.69) is 14.8 Å². The van der Waals surface area contributed by atoms with E-state index in [1.165, 1.54) is 41.2 Å². The van der Waals surface area contributed by atoms with Crippen LogP contribution in [0, 0.1) is 0 Å². The number of aromatic nitrogens is 4. The molecule has 0 spiro atoms. The maximum absolute atomic E-state index is 13.0. The van der Waals surface area contributed by atoms with Gasteiger partial charge in [-0.2, -0.15) is 23.3 Å². The van der Waals surface area contributed by atoms with E-state index < -0.39 is 37.8 Å². The number of hydrogen-bond donors (Lipinski definition) is 0. The predicted molar refractivity (Wildman–Crippen MR) is 100.0 cm³/mol. The van der Waals surface area contributed by atoms with Crippen molar-refractivity contribution in [1.82, 2.24) is 19.3 Å². The number of halogens is 5. The molecule has 0 aliphatic heterocycles. The average Bonchev–Trinajstić information content (AvgIpc) is 3.16. The van der Waals surface area contributed by atoms with Crippen LogP contribution >= 0.6 is 0 Å². The van der Waals surface area contributed by atoms with E-state index in [9.17, 15) is 26.7 Å². The highest BCUT2D eigenvalue weighted by Gasteiger charge is 2.28. The molecular formula is C19H17F5N4O3. The molecule has 7 nitrogen and oxygen atoms in total. The SMILES string of the molecule is Cn1cc(-c2cc(=O)n(-c3ccc(OCC(F)(F)F)cc3)c(OC(CF)CF)n2)cn1. The summed E-state index contributed by atoms with van der Waals surface area (Å²) in [5.41, 5.74) is 0.167. The number of aryl methyl sites for hydroxylation is 1. The third-order valence-corrected chi connectivity index (χ3v) is 4.00. The van der Waals surface area contributed by atoms with E-state index in [1.807, 2.05) is 0 Å². The van der Waals surface area contributed by atoms with Gasteiger partial charge in [-0.3, -0.25) is 9.48 Å². The Labute approximate surface area is 172 Å². The van der Waals surface area contributed by atoms with Gasteiger partial charge in [-0.25, -0.2) is 13.3 Å². The Morgan fingerprint density at radius 1 is 1.13 bits per heavy atom. The molecule has 0 atom stereocenters. The van der Waals surface area contributed by atoms with Crippen molar-refractivity contribution in [3.63, 3.8) is 0 Å². The first-order chi connectivity index (χ1) is 14.7. The number of alkyl halides is 5. The van der Waals surface area contributed by atoms with Crippen LogP contribution in [-0.4, -0.2) is 51.6 Å². The minimum absolute atomic E-state index is 0.0816. The molecule has 0 radical (unpaired) electrons. The van der Waals surface area contributed by atoms with Gasteiger partial charge in [0.05, 0.1) is 17.6 Å². The first-order valence-electron chi connectivity index (χ1n) is 8.92. The van der Waals surface area contributed by atoms with Crippen LogP contribution in [0.15, 0.2) is 47.5 Å². The van der Waals surface area contributed by atoms with E-state index >= 15 is 0 Å². The molecule has 0 bridgehead atoms. The van der Waals surface area contributed by atoms with E-state index in [-0.39, 0.29) is 23.1 Å². The van der Waals surface area contributed by atoms with Crippen molar-refractivity contribution in [1.29, 1.82) is 0 Å². The molecule has 0 aliphatic rings. The lowest BCUT2D eigenvalue weighted by Gasteiger charge is -2.17. The van der Waals surface area contributed by atoms with Gasteiger partial charge in [0, 0.05) is 24.9 Å². The Balaban J connectivity index is 2.00. The second-order valence-corrected chi connectivity index (χ2v) is 6.45. The summed E-state index contributed by atoms with van der Waals surface area (Å²) in [5.74, 6) is -0.0816. The molecule has 166 valence electrons. The van der Waals surface area contributed by atoms with Gasteiger partial charge >= 0.3 is 12.2 Å². The summed E-state index contributed by atoms with van der Waals surface area (Å²) >= 11 is 0. The van der Waals surface area contributed by atoms with E-state index in [1.54, 1.807) is 13.2 Å².